The molecule has 0 radical (unpaired) electrons. The van der Waals surface area contributed by atoms with Gasteiger partial charge in [0.25, 0.3) is 0 Å². The van der Waals surface area contributed by atoms with Gasteiger partial charge in [0.1, 0.15) is 23.2 Å². The van der Waals surface area contributed by atoms with Crippen LogP contribution in [0.25, 0.3) is 60.5 Å². The molecule has 0 saturated heterocycles. The molecule has 10 aromatic carbocycles. The van der Waals surface area contributed by atoms with Crippen molar-refractivity contribution in [2.75, 3.05) is 9.80 Å². The van der Waals surface area contributed by atoms with Crippen LogP contribution in [0.2, 0.25) is 0 Å². The number of alkyl halides is 1. The Morgan fingerprint density at radius 3 is 1.76 bits per heavy atom. The first-order chi connectivity index (χ1) is 40.7. The standard InChI is InChI=1S/C78H63F2N3O/c1-76(2,3)54-28-32-58(33-29-54)82(61-36-39-63(69(79)46-61)51-18-10-7-11-19-51)60-38-41-65-67(45-60)78(56-22-14-9-15-23-56,57-27-26-50-42-43-81-49-53(50)44-57)68-48-71(74-66-24-16-17-25-72(66)84-75(74)73(65)68)83(59-34-30-55(31-35-59)77(4,5)6)62-37-40-64(70(80)47-62)52-20-12-8-13-21-52/h7-45,47-49,69H,46H2,1-6H3. The van der Waals surface area contributed by atoms with Gasteiger partial charge in [-0.25, -0.2) is 8.78 Å². The van der Waals surface area contributed by atoms with E-state index in [0.29, 0.717) is 16.8 Å². The predicted octanol–water partition coefficient (Wildman–Crippen LogP) is 21.2. The van der Waals surface area contributed by atoms with Crippen molar-refractivity contribution in [1.82, 2.24) is 4.98 Å². The SMILES string of the molecule is CC(C)(C)c1ccc(N(C2=CC=C(c3ccccc3)C(F)C2)c2ccc3c(c2)C(c2ccccc2)(c2ccc4ccncc4c2)c2cc(N(c4ccc(C(C)(C)C)cc4)c4ccc(-c5ccccc5)c(F)c4)c4c(oc5ccccc54)c2-3)cc1. The van der Waals surface area contributed by atoms with E-state index < -0.39 is 11.6 Å². The van der Waals surface area contributed by atoms with E-state index >= 15 is 8.78 Å². The Kier molecular flexibility index (Phi) is 12.7. The van der Waals surface area contributed by atoms with Crippen LogP contribution < -0.4 is 9.80 Å². The van der Waals surface area contributed by atoms with Crippen molar-refractivity contribution < 1.29 is 13.2 Å². The number of hydrogen-bond acceptors (Lipinski definition) is 4. The third kappa shape index (κ3) is 8.82. The highest BCUT2D eigenvalue weighted by Gasteiger charge is 2.49. The molecule has 2 heterocycles. The van der Waals surface area contributed by atoms with E-state index in [0.717, 1.165) is 106 Å². The Morgan fingerprint density at radius 1 is 0.512 bits per heavy atom. The lowest BCUT2D eigenvalue weighted by Gasteiger charge is -2.36. The lowest BCUT2D eigenvalue weighted by Crippen LogP contribution is -2.29. The van der Waals surface area contributed by atoms with Crippen LogP contribution in [0.5, 0.6) is 0 Å². The predicted molar refractivity (Wildman–Crippen MR) is 344 cm³/mol. The Morgan fingerprint density at radius 2 is 1.11 bits per heavy atom. The molecule has 6 heteroatoms. The third-order valence-electron chi connectivity index (χ3n) is 17.3. The Hall–Kier alpha value is -9.65. The minimum Gasteiger partial charge on any atom is -0.455 e. The number of hydrogen-bond donors (Lipinski definition) is 0. The highest BCUT2D eigenvalue weighted by Crippen LogP contribution is 2.62. The Labute approximate surface area is 490 Å². The Balaban J connectivity index is 1.09. The van der Waals surface area contributed by atoms with Crippen molar-refractivity contribution in [2.45, 2.75) is 70.4 Å². The number of anilines is 5. The van der Waals surface area contributed by atoms with Gasteiger partial charge in [-0.2, -0.15) is 0 Å². The average molecular weight is 1100 g/mol. The first kappa shape index (κ1) is 52.4. The summed E-state index contributed by atoms with van der Waals surface area (Å²) in [5, 5.41) is 3.91. The minimum absolute atomic E-state index is 0.0824. The number of rotatable bonds is 10. The van der Waals surface area contributed by atoms with Crippen LogP contribution in [0.4, 0.5) is 37.2 Å². The maximum Gasteiger partial charge on any atom is 0.145 e. The number of pyridine rings is 1. The molecule has 0 amide bonds. The second-order valence-corrected chi connectivity index (χ2v) is 24.5. The van der Waals surface area contributed by atoms with Crippen LogP contribution in [-0.2, 0) is 16.2 Å². The lowest BCUT2D eigenvalue weighted by atomic mass is 9.67. The highest BCUT2D eigenvalue weighted by molar-refractivity contribution is 6.19. The zero-order valence-electron chi connectivity index (χ0n) is 48.0. The van der Waals surface area contributed by atoms with Gasteiger partial charge in [-0.15, -0.1) is 0 Å². The monoisotopic (exact) mass is 1100 g/mol. The fraction of sp³-hybridized carbons (Fsp3) is 0.141. The van der Waals surface area contributed by atoms with Crippen LogP contribution in [0.15, 0.2) is 265 Å². The van der Waals surface area contributed by atoms with Crippen molar-refractivity contribution in [3.05, 3.63) is 306 Å². The third-order valence-corrected chi connectivity index (χ3v) is 17.3. The molecule has 2 aliphatic carbocycles. The zero-order valence-corrected chi connectivity index (χ0v) is 48.0. The molecule has 0 N–H and O–H groups in total. The van der Waals surface area contributed by atoms with E-state index in [1.807, 2.05) is 103 Å². The topological polar surface area (TPSA) is 32.5 Å². The molecular weight excluding hydrogens is 1030 g/mol. The van der Waals surface area contributed by atoms with Gasteiger partial charge in [0.2, 0.25) is 0 Å². The van der Waals surface area contributed by atoms with Crippen molar-refractivity contribution >= 4 is 66.7 Å². The lowest BCUT2D eigenvalue weighted by molar-refractivity contribution is 0.405. The largest absolute Gasteiger partial charge is 0.455 e. The molecular formula is C78H63F2N3O. The molecule has 0 spiro atoms. The number of benzene rings is 10. The molecule has 2 aliphatic rings. The summed E-state index contributed by atoms with van der Waals surface area (Å²) in [4.78, 5) is 9.13. The molecule has 0 aliphatic heterocycles. The molecule has 0 fully saturated rings. The number of allylic oxidation sites excluding steroid dienone is 4. The van der Waals surface area contributed by atoms with Gasteiger partial charge in [-0.05, 0) is 157 Å². The van der Waals surface area contributed by atoms with Crippen LogP contribution >= 0.6 is 0 Å². The van der Waals surface area contributed by atoms with E-state index in [-0.39, 0.29) is 23.1 Å². The number of aromatic nitrogens is 1. The van der Waals surface area contributed by atoms with Crippen LogP contribution in [0.1, 0.15) is 86.9 Å². The number of fused-ring (bicyclic) bond motifs is 8. The van der Waals surface area contributed by atoms with E-state index in [9.17, 15) is 0 Å². The van der Waals surface area contributed by atoms with Crippen molar-refractivity contribution in [3.63, 3.8) is 0 Å². The number of furan rings is 1. The molecule has 2 unspecified atom stereocenters. The quantitative estimate of drug-likeness (QED) is 0.137. The van der Waals surface area contributed by atoms with Crippen LogP contribution in [0, 0.1) is 5.82 Å². The molecule has 2 atom stereocenters. The summed E-state index contributed by atoms with van der Waals surface area (Å²) in [5.74, 6) is -0.329. The molecule has 4 nitrogen and oxygen atoms in total. The van der Waals surface area contributed by atoms with Gasteiger partial charge < -0.3 is 14.2 Å². The second kappa shape index (κ2) is 20.4. The first-order valence-electron chi connectivity index (χ1n) is 29.0. The molecule has 14 rings (SSSR count). The van der Waals surface area contributed by atoms with Crippen molar-refractivity contribution in [3.8, 4) is 22.3 Å². The van der Waals surface area contributed by atoms with E-state index in [4.69, 9.17) is 4.42 Å². The van der Waals surface area contributed by atoms with E-state index in [2.05, 4.69) is 202 Å². The molecule has 84 heavy (non-hydrogen) atoms. The maximum absolute atomic E-state index is 17.2. The number of para-hydroxylation sites is 1. The van der Waals surface area contributed by atoms with Gasteiger partial charge in [-0.3, -0.25) is 4.98 Å². The molecule has 2 aromatic heterocycles. The van der Waals surface area contributed by atoms with E-state index in [1.54, 1.807) is 6.07 Å². The zero-order chi connectivity index (χ0) is 57.5. The summed E-state index contributed by atoms with van der Waals surface area (Å²) < 4.78 is 41.7. The summed E-state index contributed by atoms with van der Waals surface area (Å²) in [6, 6.07) is 79.7. The number of nitrogens with zero attached hydrogens (tertiary/aromatic N) is 3. The summed E-state index contributed by atoms with van der Waals surface area (Å²) in [5.41, 5.74) is 16.6. The normalized spacial score (nSPS) is 15.9. The maximum atomic E-state index is 17.2. The summed E-state index contributed by atoms with van der Waals surface area (Å²) in [7, 11) is 0. The van der Waals surface area contributed by atoms with Gasteiger partial charge in [-0.1, -0.05) is 199 Å². The van der Waals surface area contributed by atoms with Gasteiger partial charge in [0, 0.05) is 69.2 Å². The Bertz CT molecular complexity index is 4550. The highest BCUT2D eigenvalue weighted by atomic mass is 19.1. The smallest absolute Gasteiger partial charge is 0.145 e. The average Bonchev–Trinajstić information content (AvgIpc) is 1.65. The van der Waals surface area contributed by atoms with Crippen molar-refractivity contribution in [1.29, 1.82) is 0 Å². The fourth-order valence-corrected chi connectivity index (χ4v) is 13.1. The van der Waals surface area contributed by atoms with E-state index in [1.165, 1.54) is 11.1 Å². The van der Waals surface area contributed by atoms with Gasteiger partial charge in [0.15, 0.2) is 0 Å². The van der Waals surface area contributed by atoms with Crippen molar-refractivity contribution in [2.24, 2.45) is 0 Å². The second-order valence-electron chi connectivity index (χ2n) is 24.5. The van der Waals surface area contributed by atoms with Gasteiger partial charge in [0.05, 0.1) is 16.5 Å². The summed E-state index contributed by atoms with van der Waals surface area (Å²) >= 11 is 0. The van der Waals surface area contributed by atoms with Gasteiger partial charge >= 0.3 is 0 Å². The minimum atomic E-state index is -1.24. The summed E-state index contributed by atoms with van der Waals surface area (Å²) in [6.07, 6.45) is 6.76. The molecule has 410 valence electrons. The molecule has 0 bridgehead atoms. The molecule has 0 saturated carbocycles. The molecule has 12 aromatic rings. The first-order valence-corrected chi connectivity index (χ1v) is 29.0. The summed E-state index contributed by atoms with van der Waals surface area (Å²) in [6.45, 7) is 13.3. The van der Waals surface area contributed by atoms with Crippen LogP contribution in [0.3, 0.4) is 0 Å². The van der Waals surface area contributed by atoms with Crippen LogP contribution in [-0.4, -0.2) is 11.2 Å². The fourth-order valence-electron chi connectivity index (χ4n) is 13.1. The number of halogens is 2.